The maximum Gasteiger partial charge on any atom is 0.237 e. The molecule has 1 amide bonds. The number of carbonyl (C=O) groups excluding carboxylic acids is 1. The smallest absolute Gasteiger partial charge is 0.237 e. The van der Waals surface area contributed by atoms with Gasteiger partial charge in [0.05, 0.1) is 6.04 Å². The van der Waals surface area contributed by atoms with Crippen LogP contribution in [0.4, 0.5) is 0 Å². The summed E-state index contributed by atoms with van der Waals surface area (Å²) >= 11 is 0. The molecule has 2 aliphatic rings. The molecule has 0 radical (unpaired) electrons. The van der Waals surface area contributed by atoms with Gasteiger partial charge in [-0.25, -0.2) is 0 Å². The molecule has 2 saturated heterocycles. The van der Waals surface area contributed by atoms with Gasteiger partial charge in [0.15, 0.2) is 0 Å². The first-order chi connectivity index (χ1) is 10.8. The van der Waals surface area contributed by atoms with Crippen molar-refractivity contribution in [1.82, 2.24) is 15.5 Å². The van der Waals surface area contributed by atoms with Crippen LogP contribution < -0.4 is 10.6 Å². The highest BCUT2D eigenvalue weighted by atomic mass is 16.2. The lowest BCUT2D eigenvalue weighted by atomic mass is 10.1. The van der Waals surface area contributed by atoms with Gasteiger partial charge in [-0.2, -0.15) is 0 Å². The predicted molar refractivity (Wildman–Crippen MR) is 88.7 cm³/mol. The molecule has 1 aromatic rings. The molecular weight excluding hydrogens is 274 g/mol. The number of hydrogen-bond acceptors (Lipinski definition) is 3. The van der Waals surface area contributed by atoms with Crippen LogP contribution in [0, 0.1) is 5.92 Å². The van der Waals surface area contributed by atoms with Crippen LogP contribution in [-0.2, 0) is 11.2 Å². The monoisotopic (exact) mass is 301 g/mol. The molecule has 2 fully saturated rings. The van der Waals surface area contributed by atoms with E-state index in [1.54, 1.807) is 0 Å². The zero-order valence-corrected chi connectivity index (χ0v) is 13.3. The Morgan fingerprint density at radius 3 is 2.91 bits per heavy atom. The number of likely N-dealkylation sites (tertiary alicyclic amines) is 1. The number of rotatable bonds is 6. The Hall–Kier alpha value is -1.39. The van der Waals surface area contributed by atoms with Crippen molar-refractivity contribution in [2.75, 3.05) is 32.7 Å². The molecule has 1 aromatic carbocycles. The Balaban J connectivity index is 1.34. The first kappa shape index (κ1) is 15.5. The van der Waals surface area contributed by atoms with Gasteiger partial charge in [0.1, 0.15) is 0 Å². The molecule has 4 nitrogen and oxygen atoms in total. The molecule has 0 aliphatic carbocycles. The quantitative estimate of drug-likeness (QED) is 0.835. The van der Waals surface area contributed by atoms with Crippen LogP contribution >= 0.6 is 0 Å². The molecule has 22 heavy (non-hydrogen) atoms. The fraction of sp³-hybridized carbons (Fsp3) is 0.611. The van der Waals surface area contributed by atoms with Crippen molar-refractivity contribution < 1.29 is 4.79 Å². The van der Waals surface area contributed by atoms with E-state index in [4.69, 9.17) is 0 Å². The summed E-state index contributed by atoms with van der Waals surface area (Å²) in [4.78, 5) is 14.5. The Bertz CT molecular complexity index is 470. The van der Waals surface area contributed by atoms with Gasteiger partial charge < -0.3 is 15.5 Å². The highest BCUT2D eigenvalue weighted by Gasteiger charge is 2.25. The normalized spacial score (nSPS) is 25.5. The van der Waals surface area contributed by atoms with Crippen LogP contribution in [-0.4, -0.2) is 49.6 Å². The Morgan fingerprint density at radius 2 is 2.14 bits per heavy atom. The summed E-state index contributed by atoms with van der Waals surface area (Å²) in [5.74, 6) is 0.807. The number of nitrogens with zero attached hydrogens (tertiary/aromatic N) is 1. The van der Waals surface area contributed by atoms with Crippen LogP contribution in [0.2, 0.25) is 0 Å². The van der Waals surface area contributed by atoms with E-state index in [-0.39, 0.29) is 11.9 Å². The first-order valence-electron chi connectivity index (χ1n) is 8.58. The molecule has 0 aromatic heterocycles. The molecule has 2 heterocycles. The van der Waals surface area contributed by atoms with Crippen molar-refractivity contribution in [2.45, 2.75) is 31.7 Å². The number of amides is 1. The second-order valence-corrected chi connectivity index (χ2v) is 6.58. The summed E-state index contributed by atoms with van der Waals surface area (Å²) in [6.07, 6.45) is 4.42. The zero-order valence-electron chi connectivity index (χ0n) is 13.3. The number of benzene rings is 1. The lowest BCUT2D eigenvalue weighted by Crippen LogP contribution is -2.42. The van der Waals surface area contributed by atoms with E-state index in [9.17, 15) is 4.79 Å². The molecule has 3 rings (SSSR count). The molecule has 0 spiro atoms. The van der Waals surface area contributed by atoms with E-state index in [1.165, 1.54) is 12.0 Å². The Labute approximate surface area is 133 Å². The van der Waals surface area contributed by atoms with Crippen molar-refractivity contribution in [2.24, 2.45) is 5.92 Å². The highest BCUT2D eigenvalue weighted by molar-refractivity contribution is 5.81. The number of hydrogen-bond donors (Lipinski definition) is 2. The van der Waals surface area contributed by atoms with Gasteiger partial charge >= 0.3 is 0 Å². The SMILES string of the molecule is O=C(NCC1CCN(CCc2ccccc2)C1)C1CCCN1. The molecule has 120 valence electrons. The standard InChI is InChI=1S/C18H27N3O/c22-18(17-7-4-10-19-17)20-13-16-9-12-21(14-16)11-8-15-5-2-1-3-6-15/h1-3,5-6,16-17,19H,4,7-14H2,(H,20,22). The third kappa shape index (κ3) is 4.31. The van der Waals surface area contributed by atoms with E-state index in [0.29, 0.717) is 5.92 Å². The van der Waals surface area contributed by atoms with Gasteiger partial charge in [0, 0.05) is 19.6 Å². The largest absolute Gasteiger partial charge is 0.354 e. The second kappa shape index (κ2) is 7.75. The fourth-order valence-corrected chi connectivity index (χ4v) is 3.49. The average molecular weight is 301 g/mol. The third-order valence-electron chi connectivity index (χ3n) is 4.87. The maximum absolute atomic E-state index is 12.0. The topological polar surface area (TPSA) is 44.4 Å². The van der Waals surface area contributed by atoms with Crippen LogP contribution in [0.1, 0.15) is 24.8 Å². The first-order valence-corrected chi connectivity index (χ1v) is 8.58. The van der Waals surface area contributed by atoms with E-state index >= 15 is 0 Å². The van der Waals surface area contributed by atoms with Crippen LogP contribution in [0.3, 0.4) is 0 Å². The van der Waals surface area contributed by atoms with Gasteiger partial charge in [0.25, 0.3) is 0 Å². The van der Waals surface area contributed by atoms with Crippen molar-refractivity contribution in [1.29, 1.82) is 0 Å². The Morgan fingerprint density at radius 1 is 1.27 bits per heavy atom. The van der Waals surface area contributed by atoms with Gasteiger partial charge in [-0.3, -0.25) is 4.79 Å². The third-order valence-corrected chi connectivity index (χ3v) is 4.87. The molecule has 2 atom stereocenters. The van der Waals surface area contributed by atoms with Gasteiger partial charge in [-0.15, -0.1) is 0 Å². The minimum Gasteiger partial charge on any atom is -0.354 e. The number of nitrogens with one attached hydrogen (secondary N) is 2. The van der Waals surface area contributed by atoms with E-state index in [0.717, 1.165) is 52.0 Å². The van der Waals surface area contributed by atoms with Gasteiger partial charge in [0.2, 0.25) is 5.91 Å². The van der Waals surface area contributed by atoms with Crippen molar-refractivity contribution in [3.05, 3.63) is 35.9 Å². The molecule has 2 aliphatic heterocycles. The fourth-order valence-electron chi connectivity index (χ4n) is 3.49. The van der Waals surface area contributed by atoms with E-state index in [1.807, 2.05) is 0 Å². The minimum atomic E-state index is 0.0515. The van der Waals surface area contributed by atoms with E-state index in [2.05, 4.69) is 45.9 Å². The summed E-state index contributed by atoms with van der Waals surface area (Å²) in [5, 5.41) is 6.39. The second-order valence-electron chi connectivity index (χ2n) is 6.58. The van der Waals surface area contributed by atoms with Crippen molar-refractivity contribution >= 4 is 5.91 Å². The molecule has 2 unspecified atom stereocenters. The molecule has 4 heteroatoms. The van der Waals surface area contributed by atoms with E-state index < -0.39 is 0 Å². The van der Waals surface area contributed by atoms with Crippen molar-refractivity contribution in [3.8, 4) is 0 Å². The predicted octanol–water partition coefficient (Wildman–Crippen LogP) is 1.42. The summed E-state index contributed by atoms with van der Waals surface area (Å²) in [6, 6.07) is 10.7. The Kier molecular flexibility index (Phi) is 5.46. The summed E-state index contributed by atoms with van der Waals surface area (Å²) < 4.78 is 0. The van der Waals surface area contributed by atoms with Crippen molar-refractivity contribution in [3.63, 3.8) is 0 Å². The zero-order chi connectivity index (χ0) is 15.2. The number of carbonyl (C=O) groups is 1. The van der Waals surface area contributed by atoms with Crippen LogP contribution in [0.15, 0.2) is 30.3 Å². The van der Waals surface area contributed by atoms with Gasteiger partial charge in [-0.1, -0.05) is 30.3 Å². The summed E-state index contributed by atoms with van der Waals surface area (Å²) in [5.41, 5.74) is 1.41. The summed E-state index contributed by atoms with van der Waals surface area (Å²) in [7, 11) is 0. The van der Waals surface area contributed by atoms with Gasteiger partial charge in [-0.05, 0) is 50.3 Å². The summed E-state index contributed by atoms with van der Waals surface area (Å²) in [6.45, 7) is 5.21. The lowest BCUT2D eigenvalue weighted by Gasteiger charge is -2.17. The lowest BCUT2D eigenvalue weighted by molar-refractivity contribution is -0.122. The maximum atomic E-state index is 12.0. The minimum absolute atomic E-state index is 0.0515. The highest BCUT2D eigenvalue weighted by Crippen LogP contribution is 2.16. The van der Waals surface area contributed by atoms with Crippen LogP contribution in [0.25, 0.3) is 0 Å². The molecular formula is C18H27N3O. The molecule has 2 N–H and O–H groups in total. The van der Waals surface area contributed by atoms with Crippen LogP contribution in [0.5, 0.6) is 0 Å². The molecule has 0 saturated carbocycles. The average Bonchev–Trinajstić information content (AvgIpc) is 3.23. The molecule has 0 bridgehead atoms.